The molecule has 0 spiro atoms. The summed E-state index contributed by atoms with van der Waals surface area (Å²) in [6.45, 7) is 0. The standard InChI is InChI=1S/C15H8N2O3/c16-8-11-3-6-14(7-12(11)9-17)20-13-4-1-10(2-5-13)15(18)19/h1-7H,(H,18,19). The van der Waals surface area contributed by atoms with Crippen LogP contribution in [0.5, 0.6) is 11.5 Å². The highest BCUT2D eigenvalue weighted by molar-refractivity contribution is 5.87. The Morgan fingerprint density at radius 3 is 2.10 bits per heavy atom. The fourth-order valence-electron chi connectivity index (χ4n) is 1.58. The minimum absolute atomic E-state index is 0.162. The molecule has 0 radical (unpaired) electrons. The van der Waals surface area contributed by atoms with Crippen LogP contribution in [0.1, 0.15) is 21.5 Å². The molecule has 0 aliphatic heterocycles. The van der Waals surface area contributed by atoms with Crippen LogP contribution < -0.4 is 4.74 Å². The molecule has 2 aromatic carbocycles. The first-order valence-corrected chi connectivity index (χ1v) is 5.59. The van der Waals surface area contributed by atoms with Gasteiger partial charge in [-0.2, -0.15) is 10.5 Å². The molecule has 0 saturated heterocycles. The van der Waals surface area contributed by atoms with E-state index in [-0.39, 0.29) is 16.7 Å². The lowest BCUT2D eigenvalue weighted by molar-refractivity contribution is 0.0697. The highest BCUT2D eigenvalue weighted by atomic mass is 16.5. The molecule has 0 bridgehead atoms. The number of carbonyl (C=O) groups is 1. The normalized spacial score (nSPS) is 9.30. The molecule has 20 heavy (non-hydrogen) atoms. The van der Waals surface area contributed by atoms with Crippen molar-refractivity contribution in [2.45, 2.75) is 0 Å². The summed E-state index contributed by atoms with van der Waals surface area (Å²) < 4.78 is 5.50. The maximum absolute atomic E-state index is 10.7. The summed E-state index contributed by atoms with van der Waals surface area (Å²) in [7, 11) is 0. The van der Waals surface area contributed by atoms with Crippen LogP contribution in [0, 0.1) is 22.7 Å². The molecule has 0 amide bonds. The van der Waals surface area contributed by atoms with E-state index in [2.05, 4.69) is 0 Å². The first-order valence-electron chi connectivity index (χ1n) is 5.59. The third kappa shape index (κ3) is 2.74. The van der Waals surface area contributed by atoms with E-state index in [1.165, 1.54) is 36.4 Å². The monoisotopic (exact) mass is 264 g/mol. The number of hydrogen-bond acceptors (Lipinski definition) is 4. The summed E-state index contributed by atoms with van der Waals surface area (Å²) in [5.41, 5.74) is 0.670. The van der Waals surface area contributed by atoms with Crippen molar-refractivity contribution in [2.24, 2.45) is 0 Å². The number of ether oxygens (including phenoxy) is 1. The van der Waals surface area contributed by atoms with Crippen LogP contribution in [0.4, 0.5) is 0 Å². The Labute approximate surface area is 114 Å². The average Bonchev–Trinajstić information content (AvgIpc) is 2.47. The number of hydrogen-bond donors (Lipinski definition) is 1. The Kier molecular flexibility index (Phi) is 3.65. The third-order valence-electron chi connectivity index (χ3n) is 2.57. The smallest absolute Gasteiger partial charge is 0.335 e. The molecule has 5 nitrogen and oxygen atoms in total. The minimum Gasteiger partial charge on any atom is -0.478 e. The Bertz CT molecular complexity index is 737. The molecule has 2 rings (SSSR count). The zero-order chi connectivity index (χ0) is 14.5. The molecule has 0 aromatic heterocycles. The second-order valence-electron chi connectivity index (χ2n) is 3.86. The van der Waals surface area contributed by atoms with Gasteiger partial charge in [0, 0.05) is 0 Å². The van der Waals surface area contributed by atoms with Crippen LogP contribution in [-0.2, 0) is 0 Å². The molecule has 0 aliphatic carbocycles. The maximum atomic E-state index is 10.7. The molecule has 0 heterocycles. The van der Waals surface area contributed by atoms with Crippen molar-refractivity contribution in [2.75, 3.05) is 0 Å². The topological polar surface area (TPSA) is 94.1 Å². The van der Waals surface area contributed by atoms with Gasteiger partial charge in [-0.25, -0.2) is 4.79 Å². The van der Waals surface area contributed by atoms with Crippen LogP contribution in [-0.4, -0.2) is 11.1 Å². The number of rotatable bonds is 3. The van der Waals surface area contributed by atoms with Crippen molar-refractivity contribution in [1.82, 2.24) is 0 Å². The summed E-state index contributed by atoms with van der Waals surface area (Å²) in [4.78, 5) is 10.7. The molecule has 96 valence electrons. The van der Waals surface area contributed by atoms with Gasteiger partial charge in [-0.1, -0.05) is 0 Å². The quantitative estimate of drug-likeness (QED) is 0.919. The molecule has 0 saturated carbocycles. The minimum atomic E-state index is -1.01. The number of carboxylic acid groups (broad SMARTS) is 1. The van der Waals surface area contributed by atoms with Crippen molar-refractivity contribution < 1.29 is 14.6 Å². The van der Waals surface area contributed by atoms with Crippen molar-refractivity contribution in [1.29, 1.82) is 10.5 Å². The van der Waals surface area contributed by atoms with Crippen LogP contribution in [0.3, 0.4) is 0 Å². The van der Waals surface area contributed by atoms with E-state index in [0.717, 1.165) is 0 Å². The second-order valence-corrected chi connectivity index (χ2v) is 3.86. The van der Waals surface area contributed by atoms with Gasteiger partial charge >= 0.3 is 5.97 Å². The van der Waals surface area contributed by atoms with E-state index in [0.29, 0.717) is 11.5 Å². The van der Waals surface area contributed by atoms with Gasteiger partial charge < -0.3 is 9.84 Å². The molecule has 1 N–H and O–H groups in total. The molecule has 0 atom stereocenters. The highest BCUT2D eigenvalue weighted by Gasteiger charge is 2.06. The zero-order valence-corrected chi connectivity index (χ0v) is 10.2. The van der Waals surface area contributed by atoms with Gasteiger partial charge in [0.25, 0.3) is 0 Å². The Balaban J connectivity index is 2.24. The fraction of sp³-hybridized carbons (Fsp3) is 0. The van der Waals surface area contributed by atoms with E-state index in [1.54, 1.807) is 6.07 Å². The first-order chi connectivity index (χ1) is 9.63. The molecule has 2 aromatic rings. The Morgan fingerprint density at radius 2 is 1.55 bits per heavy atom. The average molecular weight is 264 g/mol. The first kappa shape index (κ1) is 13.1. The van der Waals surface area contributed by atoms with E-state index < -0.39 is 5.97 Å². The molecule has 5 heteroatoms. The summed E-state index contributed by atoms with van der Waals surface area (Å²) in [5.74, 6) is -0.158. The van der Waals surface area contributed by atoms with E-state index >= 15 is 0 Å². The van der Waals surface area contributed by atoms with Crippen LogP contribution in [0.25, 0.3) is 0 Å². The lowest BCUT2D eigenvalue weighted by atomic mass is 10.1. The lowest BCUT2D eigenvalue weighted by Gasteiger charge is -2.06. The summed E-state index contributed by atoms with van der Waals surface area (Å²) >= 11 is 0. The summed E-state index contributed by atoms with van der Waals surface area (Å²) in [6.07, 6.45) is 0. The predicted octanol–water partition coefficient (Wildman–Crippen LogP) is 2.92. The van der Waals surface area contributed by atoms with Gasteiger partial charge in [-0.15, -0.1) is 0 Å². The fourth-order valence-corrected chi connectivity index (χ4v) is 1.58. The highest BCUT2D eigenvalue weighted by Crippen LogP contribution is 2.24. The van der Waals surface area contributed by atoms with Gasteiger partial charge in [-0.3, -0.25) is 0 Å². The van der Waals surface area contributed by atoms with E-state index in [1.807, 2.05) is 12.1 Å². The van der Waals surface area contributed by atoms with Crippen molar-refractivity contribution in [3.8, 4) is 23.6 Å². The molecular weight excluding hydrogens is 256 g/mol. The lowest BCUT2D eigenvalue weighted by Crippen LogP contribution is -1.95. The summed E-state index contributed by atoms with van der Waals surface area (Å²) in [6, 6.07) is 14.3. The van der Waals surface area contributed by atoms with Crippen molar-refractivity contribution in [3.05, 3.63) is 59.2 Å². The number of nitriles is 2. The molecule has 0 aliphatic rings. The maximum Gasteiger partial charge on any atom is 0.335 e. The van der Waals surface area contributed by atoms with Gasteiger partial charge in [0.05, 0.1) is 16.7 Å². The van der Waals surface area contributed by atoms with Gasteiger partial charge in [-0.05, 0) is 42.5 Å². The Hall–Kier alpha value is -3.31. The summed E-state index contributed by atoms with van der Waals surface area (Å²) in [5, 5.41) is 26.5. The van der Waals surface area contributed by atoms with Crippen molar-refractivity contribution in [3.63, 3.8) is 0 Å². The SMILES string of the molecule is N#Cc1ccc(Oc2ccc(C(=O)O)cc2)cc1C#N. The molecule has 0 fully saturated rings. The van der Waals surface area contributed by atoms with Crippen LogP contribution >= 0.6 is 0 Å². The molecule has 0 unspecified atom stereocenters. The second kappa shape index (κ2) is 5.55. The van der Waals surface area contributed by atoms with Gasteiger partial charge in [0.2, 0.25) is 0 Å². The largest absolute Gasteiger partial charge is 0.478 e. The van der Waals surface area contributed by atoms with E-state index in [9.17, 15) is 4.79 Å². The molecular formula is C15H8N2O3. The third-order valence-corrected chi connectivity index (χ3v) is 2.57. The van der Waals surface area contributed by atoms with Gasteiger partial charge in [0.15, 0.2) is 0 Å². The van der Waals surface area contributed by atoms with Crippen molar-refractivity contribution >= 4 is 5.97 Å². The van der Waals surface area contributed by atoms with Crippen LogP contribution in [0.2, 0.25) is 0 Å². The van der Waals surface area contributed by atoms with E-state index in [4.69, 9.17) is 20.4 Å². The predicted molar refractivity (Wildman–Crippen MR) is 69.3 cm³/mol. The zero-order valence-electron chi connectivity index (χ0n) is 10.2. The number of benzene rings is 2. The van der Waals surface area contributed by atoms with Crippen LogP contribution in [0.15, 0.2) is 42.5 Å². The number of aromatic carboxylic acids is 1. The Morgan fingerprint density at radius 1 is 0.950 bits per heavy atom. The van der Waals surface area contributed by atoms with Gasteiger partial charge in [0.1, 0.15) is 23.6 Å². The number of carboxylic acids is 1. The number of nitrogens with zero attached hydrogens (tertiary/aromatic N) is 2.